The fraction of sp³-hybridized carbons (Fsp3) is 0.933. The fourth-order valence-corrected chi connectivity index (χ4v) is 10.5. The average Bonchev–Trinajstić information content (AvgIpc) is 2.73. The standard InChI is InChI=1S/C30H50O2/c1-25(2)14-15-26(3)16-17-29(6)20(21(26)18-25)8-9-23-27(4)12-11-24(32)28(5,19-31)22(27)10-13-30(23,29)7/h8,21-24,31-32H,9-19H2,1-7H3/t21-,22+,23+,24-,26+,27-,28-,29+,30+/m0/s1. The van der Waals surface area contributed by atoms with E-state index in [1.165, 1.54) is 44.9 Å². The maximum atomic E-state index is 10.9. The fourth-order valence-electron chi connectivity index (χ4n) is 10.5. The third kappa shape index (κ3) is 2.78. The summed E-state index contributed by atoms with van der Waals surface area (Å²) in [6, 6.07) is 0. The summed E-state index contributed by atoms with van der Waals surface area (Å²) in [5, 5.41) is 21.3. The highest BCUT2D eigenvalue weighted by Gasteiger charge is 2.68. The van der Waals surface area contributed by atoms with Gasteiger partial charge in [-0.1, -0.05) is 60.1 Å². The lowest BCUT2D eigenvalue weighted by Crippen LogP contribution is -2.65. The highest BCUT2D eigenvalue weighted by atomic mass is 16.3. The molecular formula is C30H50O2. The molecule has 2 N–H and O–H groups in total. The quantitative estimate of drug-likeness (QED) is 0.424. The van der Waals surface area contributed by atoms with E-state index in [0.717, 1.165) is 25.2 Å². The summed E-state index contributed by atoms with van der Waals surface area (Å²) in [5.74, 6) is 1.83. The number of aliphatic hydroxyl groups is 2. The van der Waals surface area contributed by atoms with E-state index in [4.69, 9.17) is 0 Å². The molecule has 0 spiro atoms. The van der Waals surface area contributed by atoms with E-state index in [2.05, 4.69) is 54.5 Å². The number of allylic oxidation sites excluding steroid dienone is 2. The van der Waals surface area contributed by atoms with Crippen LogP contribution in [-0.2, 0) is 0 Å². The van der Waals surface area contributed by atoms with Crippen molar-refractivity contribution in [1.82, 2.24) is 0 Å². The first-order valence-electron chi connectivity index (χ1n) is 13.8. The third-order valence-electron chi connectivity index (χ3n) is 13.2. The van der Waals surface area contributed by atoms with Crippen molar-refractivity contribution in [2.45, 2.75) is 119 Å². The molecule has 0 aromatic heterocycles. The number of rotatable bonds is 1. The maximum absolute atomic E-state index is 10.9. The Morgan fingerprint density at radius 2 is 1.53 bits per heavy atom. The Balaban J connectivity index is 1.57. The van der Waals surface area contributed by atoms with Crippen LogP contribution in [0.5, 0.6) is 0 Å². The molecule has 0 amide bonds. The lowest BCUT2D eigenvalue weighted by Gasteiger charge is -2.71. The van der Waals surface area contributed by atoms with Crippen LogP contribution in [0.3, 0.4) is 0 Å². The molecule has 4 saturated carbocycles. The van der Waals surface area contributed by atoms with Gasteiger partial charge in [0, 0.05) is 5.41 Å². The van der Waals surface area contributed by atoms with Gasteiger partial charge in [-0.25, -0.2) is 0 Å². The number of fused-ring (bicyclic) bond motifs is 7. The Morgan fingerprint density at radius 3 is 2.22 bits per heavy atom. The first kappa shape index (κ1) is 23.4. The van der Waals surface area contributed by atoms with E-state index in [-0.39, 0.29) is 23.5 Å². The molecule has 0 radical (unpaired) electrons. The first-order chi connectivity index (χ1) is 14.8. The van der Waals surface area contributed by atoms with E-state index < -0.39 is 0 Å². The van der Waals surface area contributed by atoms with E-state index in [9.17, 15) is 10.2 Å². The minimum Gasteiger partial charge on any atom is -0.396 e. The summed E-state index contributed by atoms with van der Waals surface area (Å²) in [6.07, 6.45) is 14.8. The monoisotopic (exact) mass is 442 g/mol. The third-order valence-corrected chi connectivity index (χ3v) is 13.2. The van der Waals surface area contributed by atoms with E-state index in [0.29, 0.717) is 33.5 Å². The van der Waals surface area contributed by atoms with Crippen molar-refractivity contribution in [3.8, 4) is 0 Å². The summed E-state index contributed by atoms with van der Waals surface area (Å²) < 4.78 is 0. The smallest absolute Gasteiger partial charge is 0.0618 e. The molecule has 9 atom stereocenters. The molecule has 2 heteroatoms. The summed E-state index contributed by atoms with van der Waals surface area (Å²) in [7, 11) is 0. The summed E-state index contributed by atoms with van der Waals surface area (Å²) in [4.78, 5) is 0. The second kappa shape index (κ2) is 6.87. The van der Waals surface area contributed by atoms with Crippen LogP contribution in [0.15, 0.2) is 11.6 Å². The topological polar surface area (TPSA) is 40.5 Å². The van der Waals surface area contributed by atoms with Gasteiger partial charge in [-0.05, 0) is 109 Å². The van der Waals surface area contributed by atoms with Crippen LogP contribution < -0.4 is 0 Å². The Labute approximate surface area is 197 Å². The highest BCUT2D eigenvalue weighted by Crippen LogP contribution is 2.75. The van der Waals surface area contributed by atoms with Gasteiger partial charge in [0.05, 0.1) is 12.7 Å². The molecule has 0 unspecified atom stereocenters. The van der Waals surface area contributed by atoms with Crippen molar-refractivity contribution in [2.75, 3.05) is 6.61 Å². The molecule has 5 rings (SSSR count). The molecule has 5 aliphatic carbocycles. The molecule has 0 heterocycles. The van der Waals surface area contributed by atoms with Crippen LogP contribution in [-0.4, -0.2) is 22.9 Å². The van der Waals surface area contributed by atoms with E-state index in [1.807, 2.05) is 5.57 Å². The van der Waals surface area contributed by atoms with E-state index >= 15 is 0 Å². The highest BCUT2D eigenvalue weighted by molar-refractivity contribution is 5.33. The molecule has 0 aromatic rings. The zero-order chi connectivity index (χ0) is 23.4. The van der Waals surface area contributed by atoms with Gasteiger partial charge in [0.25, 0.3) is 0 Å². The molecule has 182 valence electrons. The van der Waals surface area contributed by atoms with Gasteiger partial charge in [0.1, 0.15) is 0 Å². The Morgan fingerprint density at radius 1 is 0.844 bits per heavy atom. The van der Waals surface area contributed by atoms with Gasteiger partial charge in [0.2, 0.25) is 0 Å². The Kier molecular flexibility index (Phi) is 5.02. The summed E-state index contributed by atoms with van der Waals surface area (Å²) in [6.45, 7) is 17.7. The number of hydrogen-bond donors (Lipinski definition) is 2. The largest absolute Gasteiger partial charge is 0.396 e. The molecule has 2 nitrogen and oxygen atoms in total. The molecule has 0 bridgehead atoms. The molecule has 4 fully saturated rings. The molecule has 32 heavy (non-hydrogen) atoms. The Bertz CT molecular complexity index is 814. The van der Waals surface area contributed by atoms with Crippen molar-refractivity contribution in [2.24, 2.45) is 50.2 Å². The van der Waals surface area contributed by atoms with Gasteiger partial charge in [-0.2, -0.15) is 0 Å². The molecule has 0 aromatic carbocycles. The second-order valence-electron chi connectivity index (χ2n) is 15.1. The van der Waals surface area contributed by atoms with Gasteiger partial charge in [0.15, 0.2) is 0 Å². The van der Waals surface area contributed by atoms with Crippen molar-refractivity contribution < 1.29 is 10.2 Å². The predicted molar refractivity (Wildman–Crippen MR) is 132 cm³/mol. The molecule has 5 aliphatic rings. The average molecular weight is 443 g/mol. The van der Waals surface area contributed by atoms with Crippen molar-refractivity contribution in [3.63, 3.8) is 0 Å². The molecule has 0 aliphatic heterocycles. The van der Waals surface area contributed by atoms with Crippen molar-refractivity contribution in [1.29, 1.82) is 0 Å². The molecular weight excluding hydrogens is 392 g/mol. The minimum atomic E-state index is -0.361. The minimum absolute atomic E-state index is 0.117. The van der Waals surface area contributed by atoms with Gasteiger partial charge < -0.3 is 10.2 Å². The Hall–Kier alpha value is -0.340. The van der Waals surface area contributed by atoms with Gasteiger partial charge in [-0.3, -0.25) is 0 Å². The van der Waals surface area contributed by atoms with Crippen LogP contribution in [0.1, 0.15) is 113 Å². The zero-order valence-electron chi connectivity index (χ0n) is 22.1. The van der Waals surface area contributed by atoms with Crippen LogP contribution >= 0.6 is 0 Å². The molecule has 0 saturated heterocycles. The number of hydrogen-bond acceptors (Lipinski definition) is 2. The zero-order valence-corrected chi connectivity index (χ0v) is 22.1. The first-order valence-corrected chi connectivity index (χ1v) is 13.8. The van der Waals surface area contributed by atoms with Crippen LogP contribution in [0.2, 0.25) is 0 Å². The normalized spacial score (nSPS) is 56.8. The summed E-state index contributed by atoms with van der Waals surface area (Å²) in [5.41, 5.74) is 3.28. The van der Waals surface area contributed by atoms with Gasteiger partial charge in [-0.15, -0.1) is 0 Å². The van der Waals surface area contributed by atoms with Gasteiger partial charge >= 0.3 is 0 Å². The van der Waals surface area contributed by atoms with Crippen LogP contribution in [0, 0.1) is 50.2 Å². The van der Waals surface area contributed by atoms with Crippen LogP contribution in [0.4, 0.5) is 0 Å². The SMILES string of the molecule is CC1(C)CC[C@]2(C)CC[C@]3(C)C(=CC[C@@H]4[C@@]5(C)CC[C@H](O)[C@@](C)(CO)[C@@H]5CC[C@]43C)[C@@H]2C1. The number of aliphatic hydroxyl groups excluding tert-OH is 2. The maximum Gasteiger partial charge on any atom is 0.0618 e. The van der Waals surface area contributed by atoms with Crippen molar-refractivity contribution >= 4 is 0 Å². The lowest BCUT2D eigenvalue weighted by molar-refractivity contribution is -0.215. The van der Waals surface area contributed by atoms with E-state index in [1.54, 1.807) is 0 Å². The lowest BCUT2D eigenvalue weighted by atomic mass is 9.33. The van der Waals surface area contributed by atoms with Crippen molar-refractivity contribution in [3.05, 3.63) is 11.6 Å². The predicted octanol–water partition coefficient (Wildman–Crippen LogP) is 7.14. The summed E-state index contributed by atoms with van der Waals surface area (Å²) >= 11 is 0. The second-order valence-corrected chi connectivity index (χ2v) is 15.1. The van der Waals surface area contributed by atoms with Crippen LogP contribution in [0.25, 0.3) is 0 Å².